The lowest BCUT2D eigenvalue weighted by atomic mass is 9.91. The Labute approximate surface area is 88.5 Å². The van der Waals surface area contributed by atoms with Crippen LogP contribution in [0.5, 0.6) is 0 Å². The largest absolute Gasteiger partial charge is 0.333 e. The van der Waals surface area contributed by atoms with E-state index in [9.17, 15) is 4.11 Å². The van der Waals surface area contributed by atoms with E-state index in [1.807, 2.05) is 12.1 Å². The first-order chi connectivity index (χ1) is 6.57. The van der Waals surface area contributed by atoms with Gasteiger partial charge in [-0.1, -0.05) is 45.9 Å². The molecule has 1 rings (SSSR count). The van der Waals surface area contributed by atoms with Crippen molar-refractivity contribution >= 4 is 15.0 Å². The molecule has 0 aliphatic rings. The summed E-state index contributed by atoms with van der Waals surface area (Å²) in [6.07, 6.45) is 0. The zero-order chi connectivity index (χ0) is 10.7. The van der Waals surface area contributed by atoms with Crippen LogP contribution in [0.2, 0.25) is 0 Å². The van der Waals surface area contributed by atoms with Crippen molar-refractivity contribution in [1.82, 2.24) is 0 Å². The van der Waals surface area contributed by atoms with Crippen LogP contribution in [0.1, 0.15) is 50.7 Å². The summed E-state index contributed by atoms with van der Waals surface area (Å²) in [5.74, 6) is 0.885. The highest BCUT2D eigenvalue weighted by Gasteiger charge is 2.14. The average molecular weight is 208 g/mol. The lowest BCUT2D eigenvalue weighted by Crippen LogP contribution is -2.19. The maximum Gasteiger partial charge on any atom is 0.333 e. The van der Waals surface area contributed by atoms with Gasteiger partial charge in [-0.2, -0.15) is 0 Å². The van der Waals surface area contributed by atoms with Crippen LogP contribution >= 0.6 is 0 Å². The second-order valence-corrected chi connectivity index (χ2v) is 4.94. The highest BCUT2D eigenvalue weighted by atomic mass is 28.3. The molecule has 0 saturated carbocycles. The fourth-order valence-electron chi connectivity index (χ4n) is 1.81. The van der Waals surface area contributed by atoms with E-state index in [-0.39, 0.29) is 0 Å². The van der Waals surface area contributed by atoms with Gasteiger partial charge in [-0.3, -0.25) is 0 Å². The smallest absolute Gasteiger partial charge is 0.308 e. The Morgan fingerprint density at radius 2 is 1.71 bits per heavy atom. The standard InChI is InChI=1S/C12H17FSi/c1-8(2)10-6-5-7-11(14-13)12(10)9(3)4/h5-9H,1-4H3. The van der Waals surface area contributed by atoms with Gasteiger partial charge in [0.25, 0.3) is 0 Å². The predicted molar refractivity (Wildman–Crippen MR) is 61.1 cm³/mol. The molecule has 1 aromatic rings. The number of benzene rings is 1. The molecule has 0 spiro atoms. The summed E-state index contributed by atoms with van der Waals surface area (Å²) < 4.78 is 12.8. The molecule has 2 radical (unpaired) electrons. The first kappa shape index (κ1) is 11.4. The zero-order valence-electron chi connectivity index (χ0n) is 9.26. The molecule has 0 unspecified atom stereocenters. The third-order valence-corrected chi connectivity index (χ3v) is 3.08. The third kappa shape index (κ3) is 2.24. The number of halogens is 1. The Kier molecular flexibility index (Phi) is 3.87. The molecule has 0 aliphatic carbocycles. The van der Waals surface area contributed by atoms with Crippen molar-refractivity contribution in [2.75, 3.05) is 0 Å². The Morgan fingerprint density at radius 1 is 1.07 bits per heavy atom. The van der Waals surface area contributed by atoms with E-state index < -0.39 is 9.85 Å². The van der Waals surface area contributed by atoms with Crippen molar-refractivity contribution in [3.8, 4) is 0 Å². The molecule has 0 amide bonds. The molecule has 2 heteroatoms. The lowest BCUT2D eigenvalue weighted by molar-refractivity contribution is 0.792. The summed E-state index contributed by atoms with van der Waals surface area (Å²) in [7, 11) is -0.589. The SMILES string of the molecule is CC(C)c1cccc([Si]F)c1C(C)C. The van der Waals surface area contributed by atoms with E-state index in [0.717, 1.165) is 5.19 Å². The second-order valence-electron chi connectivity index (χ2n) is 4.21. The third-order valence-electron chi connectivity index (χ3n) is 2.44. The molecular formula is C12H17FSi. The van der Waals surface area contributed by atoms with Crippen molar-refractivity contribution in [1.29, 1.82) is 0 Å². The fourth-order valence-corrected chi connectivity index (χ4v) is 2.51. The summed E-state index contributed by atoms with van der Waals surface area (Å²) in [6, 6.07) is 5.98. The Balaban J connectivity index is 3.28. The summed E-state index contributed by atoms with van der Waals surface area (Å²) in [4.78, 5) is 0. The maximum atomic E-state index is 12.8. The topological polar surface area (TPSA) is 0 Å². The first-order valence-corrected chi connectivity index (χ1v) is 5.95. The van der Waals surface area contributed by atoms with Gasteiger partial charge in [0.2, 0.25) is 0 Å². The van der Waals surface area contributed by atoms with Crippen molar-refractivity contribution in [2.24, 2.45) is 0 Å². The van der Waals surface area contributed by atoms with Gasteiger partial charge >= 0.3 is 9.85 Å². The minimum Gasteiger partial charge on any atom is -0.308 e. The van der Waals surface area contributed by atoms with Gasteiger partial charge in [-0.15, -0.1) is 0 Å². The van der Waals surface area contributed by atoms with E-state index >= 15 is 0 Å². The van der Waals surface area contributed by atoms with E-state index in [2.05, 4.69) is 33.8 Å². The quantitative estimate of drug-likeness (QED) is 0.529. The van der Waals surface area contributed by atoms with Crippen LogP contribution in [-0.4, -0.2) is 9.85 Å². The average Bonchev–Trinajstić information content (AvgIpc) is 2.16. The minimum absolute atomic E-state index is 0.409. The molecule has 0 aliphatic heterocycles. The molecule has 0 fully saturated rings. The predicted octanol–water partition coefficient (Wildman–Crippen LogP) is 3.15. The maximum absolute atomic E-state index is 12.8. The number of rotatable bonds is 3. The number of hydrogen-bond acceptors (Lipinski definition) is 0. The van der Waals surface area contributed by atoms with Gasteiger partial charge in [0.05, 0.1) is 0 Å². The minimum atomic E-state index is -0.589. The molecule has 14 heavy (non-hydrogen) atoms. The van der Waals surface area contributed by atoms with Gasteiger partial charge in [0, 0.05) is 0 Å². The molecule has 0 bridgehead atoms. The Morgan fingerprint density at radius 3 is 2.14 bits per heavy atom. The molecule has 0 N–H and O–H groups in total. The molecule has 0 aromatic heterocycles. The normalized spacial score (nSPS) is 11.4. The van der Waals surface area contributed by atoms with Gasteiger partial charge in [-0.05, 0) is 28.1 Å². The number of hydrogen-bond donors (Lipinski definition) is 0. The van der Waals surface area contributed by atoms with Gasteiger partial charge in [0.15, 0.2) is 0 Å². The fraction of sp³-hybridized carbons (Fsp3) is 0.500. The van der Waals surface area contributed by atoms with Gasteiger partial charge in [-0.25, -0.2) is 0 Å². The van der Waals surface area contributed by atoms with Crippen molar-refractivity contribution < 1.29 is 4.11 Å². The van der Waals surface area contributed by atoms with Crippen LogP contribution in [0.3, 0.4) is 0 Å². The summed E-state index contributed by atoms with van der Waals surface area (Å²) in [6.45, 7) is 8.58. The summed E-state index contributed by atoms with van der Waals surface area (Å²) in [5, 5.41) is 0.881. The van der Waals surface area contributed by atoms with Gasteiger partial charge in [0.1, 0.15) is 0 Å². The zero-order valence-corrected chi connectivity index (χ0v) is 10.3. The van der Waals surface area contributed by atoms with Crippen LogP contribution in [0.25, 0.3) is 0 Å². The van der Waals surface area contributed by atoms with E-state index in [0.29, 0.717) is 11.8 Å². The molecule has 0 heterocycles. The highest BCUT2D eigenvalue weighted by Crippen LogP contribution is 2.24. The van der Waals surface area contributed by atoms with Crippen molar-refractivity contribution in [2.45, 2.75) is 39.5 Å². The molecular weight excluding hydrogens is 191 g/mol. The van der Waals surface area contributed by atoms with Crippen LogP contribution in [0, 0.1) is 0 Å². The Hall–Kier alpha value is -0.633. The van der Waals surface area contributed by atoms with Crippen LogP contribution in [-0.2, 0) is 0 Å². The van der Waals surface area contributed by atoms with E-state index in [4.69, 9.17) is 0 Å². The monoisotopic (exact) mass is 208 g/mol. The van der Waals surface area contributed by atoms with Crippen molar-refractivity contribution in [3.63, 3.8) is 0 Å². The second kappa shape index (κ2) is 4.74. The van der Waals surface area contributed by atoms with Crippen LogP contribution < -0.4 is 5.19 Å². The summed E-state index contributed by atoms with van der Waals surface area (Å²) in [5.41, 5.74) is 2.51. The van der Waals surface area contributed by atoms with Crippen LogP contribution in [0.15, 0.2) is 18.2 Å². The van der Waals surface area contributed by atoms with E-state index in [1.165, 1.54) is 11.1 Å². The van der Waals surface area contributed by atoms with Gasteiger partial charge < -0.3 is 4.11 Å². The van der Waals surface area contributed by atoms with Crippen molar-refractivity contribution in [3.05, 3.63) is 29.3 Å². The molecule has 76 valence electrons. The van der Waals surface area contributed by atoms with Crippen LogP contribution in [0.4, 0.5) is 4.11 Å². The first-order valence-electron chi connectivity index (χ1n) is 5.07. The molecule has 0 saturated heterocycles. The van der Waals surface area contributed by atoms with E-state index in [1.54, 1.807) is 0 Å². The Bertz CT molecular complexity index is 305. The highest BCUT2D eigenvalue weighted by molar-refractivity contribution is 6.47. The lowest BCUT2D eigenvalue weighted by Gasteiger charge is -2.18. The molecule has 0 atom stereocenters. The summed E-state index contributed by atoms with van der Waals surface area (Å²) >= 11 is 0. The molecule has 1 aromatic carbocycles. The molecule has 0 nitrogen and oxygen atoms in total.